The van der Waals surface area contributed by atoms with Crippen LogP contribution in [0.1, 0.15) is 17.0 Å². The summed E-state index contributed by atoms with van der Waals surface area (Å²) in [6, 6.07) is 10.8. The summed E-state index contributed by atoms with van der Waals surface area (Å²) in [6.07, 6.45) is 0. The molecule has 0 spiro atoms. The molecule has 0 radical (unpaired) electrons. The highest BCUT2D eigenvalue weighted by Crippen LogP contribution is 2.28. The number of halogens is 2. The van der Waals surface area contributed by atoms with Crippen LogP contribution in [0.3, 0.4) is 0 Å². The smallest absolute Gasteiger partial charge is 0.277 e. The fourth-order valence-corrected chi connectivity index (χ4v) is 3.50. The first-order chi connectivity index (χ1) is 13.4. The summed E-state index contributed by atoms with van der Waals surface area (Å²) in [5.41, 5.74) is 2.94. The topological polar surface area (TPSA) is 77.2 Å². The molecule has 2 aromatic carbocycles. The molecule has 6 nitrogen and oxygen atoms in total. The van der Waals surface area contributed by atoms with Crippen molar-refractivity contribution in [2.45, 2.75) is 25.7 Å². The third kappa shape index (κ3) is 5.89. The van der Waals surface area contributed by atoms with Crippen molar-refractivity contribution in [2.24, 2.45) is 0 Å². The molecule has 3 aromatic rings. The number of carbonyl (C=O) groups is 1. The summed E-state index contributed by atoms with van der Waals surface area (Å²) in [6.45, 7) is 4.02. The van der Waals surface area contributed by atoms with Crippen LogP contribution in [0.15, 0.2) is 46.0 Å². The molecule has 0 fully saturated rings. The molecule has 28 heavy (non-hydrogen) atoms. The van der Waals surface area contributed by atoms with Crippen molar-refractivity contribution in [3.63, 3.8) is 0 Å². The van der Waals surface area contributed by atoms with Gasteiger partial charge in [-0.25, -0.2) is 0 Å². The van der Waals surface area contributed by atoms with E-state index in [1.807, 2.05) is 32.0 Å². The Kier molecular flexibility index (Phi) is 6.83. The monoisotopic (exact) mass is 437 g/mol. The number of hydrogen-bond donors (Lipinski definition) is 1. The molecule has 0 aliphatic heterocycles. The largest absolute Gasteiger partial charge is 0.482 e. The van der Waals surface area contributed by atoms with Crippen LogP contribution >= 0.6 is 35.0 Å². The molecule has 1 aromatic heterocycles. The van der Waals surface area contributed by atoms with Gasteiger partial charge in [0.1, 0.15) is 5.75 Å². The molecule has 1 N–H and O–H groups in total. The molecule has 146 valence electrons. The Morgan fingerprint density at radius 3 is 2.61 bits per heavy atom. The first-order valence-electron chi connectivity index (χ1n) is 8.30. The number of hydrogen-bond acceptors (Lipinski definition) is 6. The van der Waals surface area contributed by atoms with Gasteiger partial charge < -0.3 is 14.5 Å². The number of ether oxygens (including phenoxy) is 1. The lowest BCUT2D eigenvalue weighted by molar-refractivity contribution is -0.113. The van der Waals surface area contributed by atoms with Gasteiger partial charge in [-0.2, -0.15) is 0 Å². The number of aromatic nitrogens is 2. The molecule has 3 rings (SSSR count). The zero-order valence-electron chi connectivity index (χ0n) is 15.2. The zero-order valence-corrected chi connectivity index (χ0v) is 17.5. The molecule has 0 unspecified atom stereocenters. The summed E-state index contributed by atoms with van der Waals surface area (Å²) in [5, 5.41) is 11.9. The van der Waals surface area contributed by atoms with Crippen LogP contribution in [0.4, 0.5) is 5.69 Å². The molecule has 9 heteroatoms. The van der Waals surface area contributed by atoms with Crippen molar-refractivity contribution in [1.82, 2.24) is 10.2 Å². The van der Waals surface area contributed by atoms with Gasteiger partial charge in [-0.15, -0.1) is 10.2 Å². The Balaban J connectivity index is 1.49. The van der Waals surface area contributed by atoms with E-state index in [4.69, 9.17) is 32.4 Å². The van der Waals surface area contributed by atoms with E-state index in [1.54, 1.807) is 18.2 Å². The van der Waals surface area contributed by atoms with Gasteiger partial charge in [0.25, 0.3) is 11.1 Å². The fraction of sp³-hybridized carbons (Fsp3) is 0.211. The van der Waals surface area contributed by atoms with Crippen molar-refractivity contribution >= 4 is 46.6 Å². The maximum atomic E-state index is 12.1. The average Bonchev–Trinajstić information content (AvgIpc) is 3.06. The molecule has 1 amide bonds. The zero-order chi connectivity index (χ0) is 20.1. The number of nitrogens with one attached hydrogen (secondary N) is 1. The number of thioether (sulfide) groups is 1. The molecule has 0 aliphatic carbocycles. The normalized spacial score (nSPS) is 10.7. The van der Waals surface area contributed by atoms with Gasteiger partial charge in [-0.05, 0) is 55.3 Å². The van der Waals surface area contributed by atoms with Gasteiger partial charge in [-0.1, -0.05) is 41.0 Å². The quantitative estimate of drug-likeness (QED) is 0.505. The van der Waals surface area contributed by atoms with Gasteiger partial charge in [-0.3, -0.25) is 4.79 Å². The molecule has 0 bridgehead atoms. The van der Waals surface area contributed by atoms with E-state index in [0.717, 1.165) is 28.6 Å². The van der Waals surface area contributed by atoms with Crippen LogP contribution in [-0.2, 0) is 11.4 Å². The Labute approximate surface area is 176 Å². The number of benzene rings is 2. The molecule has 1 heterocycles. The standard InChI is InChI=1S/C19H17Cl2N3O3S/c1-11-5-12(2)7-14(6-11)22-17(25)10-28-19-24-23-18(27-19)9-26-16-4-3-13(20)8-15(16)21/h3-8H,9-10H2,1-2H3,(H,22,25). The van der Waals surface area contributed by atoms with E-state index in [9.17, 15) is 4.79 Å². The van der Waals surface area contributed by atoms with E-state index in [1.165, 1.54) is 0 Å². The molecule has 0 aliphatic rings. The lowest BCUT2D eigenvalue weighted by Crippen LogP contribution is -2.14. The van der Waals surface area contributed by atoms with Gasteiger partial charge in [0, 0.05) is 10.7 Å². The van der Waals surface area contributed by atoms with Crippen LogP contribution in [0.25, 0.3) is 0 Å². The van der Waals surface area contributed by atoms with E-state index < -0.39 is 0 Å². The molecule has 0 saturated carbocycles. The lowest BCUT2D eigenvalue weighted by atomic mass is 10.1. The van der Waals surface area contributed by atoms with Crippen molar-refractivity contribution in [3.8, 4) is 5.75 Å². The summed E-state index contributed by atoms with van der Waals surface area (Å²) in [4.78, 5) is 12.1. The molecular formula is C19H17Cl2N3O3S. The van der Waals surface area contributed by atoms with Gasteiger partial charge >= 0.3 is 0 Å². The Bertz CT molecular complexity index is 974. The van der Waals surface area contributed by atoms with Crippen LogP contribution in [0, 0.1) is 13.8 Å². The number of rotatable bonds is 7. The van der Waals surface area contributed by atoms with Crippen molar-refractivity contribution < 1.29 is 13.9 Å². The highest BCUT2D eigenvalue weighted by molar-refractivity contribution is 7.99. The average molecular weight is 438 g/mol. The summed E-state index contributed by atoms with van der Waals surface area (Å²) in [7, 11) is 0. The van der Waals surface area contributed by atoms with E-state index in [0.29, 0.717) is 15.8 Å². The van der Waals surface area contributed by atoms with E-state index >= 15 is 0 Å². The summed E-state index contributed by atoms with van der Waals surface area (Å²) >= 11 is 13.0. The van der Waals surface area contributed by atoms with E-state index in [2.05, 4.69) is 15.5 Å². The van der Waals surface area contributed by atoms with Crippen molar-refractivity contribution in [1.29, 1.82) is 0 Å². The first kappa shape index (κ1) is 20.5. The lowest BCUT2D eigenvalue weighted by Gasteiger charge is -2.06. The van der Waals surface area contributed by atoms with Crippen molar-refractivity contribution in [3.05, 3.63) is 63.5 Å². The molecular weight excluding hydrogens is 421 g/mol. The predicted octanol–water partition coefficient (Wildman–Crippen LogP) is 5.30. The van der Waals surface area contributed by atoms with Crippen LogP contribution in [-0.4, -0.2) is 21.9 Å². The first-order valence-corrected chi connectivity index (χ1v) is 10.0. The van der Waals surface area contributed by atoms with E-state index in [-0.39, 0.29) is 29.4 Å². The minimum atomic E-state index is -0.154. The number of aryl methyl sites for hydroxylation is 2. The Morgan fingerprint density at radius 1 is 1.14 bits per heavy atom. The predicted molar refractivity (Wildman–Crippen MR) is 110 cm³/mol. The SMILES string of the molecule is Cc1cc(C)cc(NC(=O)CSc2nnc(COc3ccc(Cl)cc3Cl)o2)c1. The Hall–Kier alpha value is -2.22. The van der Waals surface area contributed by atoms with Crippen molar-refractivity contribution in [2.75, 3.05) is 11.1 Å². The van der Waals surface area contributed by atoms with Gasteiger partial charge in [0.15, 0.2) is 6.61 Å². The number of carbonyl (C=O) groups excluding carboxylic acids is 1. The Morgan fingerprint density at radius 2 is 1.89 bits per heavy atom. The van der Waals surface area contributed by atoms with Crippen LogP contribution in [0.5, 0.6) is 5.75 Å². The fourth-order valence-electron chi connectivity index (χ4n) is 2.46. The third-order valence-corrected chi connectivity index (χ3v) is 4.87. The minimum Gasteiger partial charge on any atom is -0.482 e. The minimum absolute atomic E-state index is 0.0592. The second kappa shape index (κ2) is 9.32. The van der Waals surface area contributed by atoms with Crippen LogP contribution in [0.2, 0.25) is 10.0 Å². The van der Waals surface area contributed by atoms with Gasteiger partial charge in [0.2, 0.25) is 5.91 Å². The summed E-state index contributed by atoms with van der Waals surface area (Å²) in [5.74, 6) is 0.742. The van der Waals surface area contributed by atoms with Gasteiger partial charge in [0.05, 0.1) is 10.8 Å². The molecule has 0 saturated heterocycles. The summed E-state index contributed by atoms with van der Waals surface area (Å²) < 4.78 is 11.0. The maximum absolute atomic E-state index is 12.1. The highest BCUT2D eigenvalue weighted by Gasteiger charge is 2.12. The number of nitrogens with zero attached hydrogens (tertiary/aromatic N) is 2. The second-order valence-corrected chi connectivity index (χ2v) is 7.81. The second-order valence-electron chi connectivity index (χ2n) is 6.04. The third-order valence-electron chi connectivity index (χ3n) is 3.53. The number of amides is 1. The highest BCUT2D eigenvalue weighted by atomic mass is 35.5. The maximum Gasteiger partial charge on any atom is 0.277 e. The molecule has 0 atom stereocenters. The van der Waals surface area contributed by atoms with Crippen LogP contribution < -0.4 is 10.1 Å². The number of anilines is 1.